The molecule has 0 aromatic heterocycles. The molecule has 0 aliphatic carbocycles. The number of hydrogen-bond donors (Lipinski definition) is 4. The summed E-state index contributed by atoms with van der Waals surface area (Å²) in [4.78, 5) is 23.7. The highest BCUT2D eigenvalue weighted by Crippen LogP contribution is 2.06. The summed E-state index contributed by atoms with van der Waals surface area (Å²) in [5.74, 6) is 4.64. The predicted octanol–water partition coefficient (Wildman–Crippen LogP) is 1.38. The van der Waals surface area contributed by atoms with Crippen LogP contribution < -0.4 is 10.8 Å². The molecule has 0 spiro atoms. The third-order valence-corrected chi connectivity index (χ3v) is 3.68. The number of nitrogens with one attached hydrogen (secondary N) is 2. The standard InChI is InChI=1S/C20H20N2O4/c1-13-4-3-5-16(12-13)7-6-15-8-10-17(11-9-15)19(24)21-18(14(2)23)20(25)22-26/h3-5,8-12,14,18,23,26H,1-2H3,(H,21,24)(H,22,25)/t14-,18+/m1/s1. The SMILES string of the molecule is Cc1cccc(C#Cc2ccc(C(=O)N[C@H](C(=O)NO)[C@@H](C)O)cc2)c1. The fourth-order valence-electron chi connectivity index (χ4n) is 2.27. The van der Waals surface area contributed by atoms with E-state index in [2.05, 4.69) is 17.2 Å². The van der Waals surface area contributed by atoms with E-state index in [1.54, 1.807) is 24.3 Å². The first kappa shape index (κ1) is 19.2. The maximum absolute atomic E-state index is 12.2. The minimum Gasteiger partial charge on any atom is -0.391 e. The highest BCUT2D eigenvalue weighted by Gasteiger charge is 2.25. The van der Waals surface area contributed by atoms with Crippen LogP contribution in [0.5, 0.6) is 0 Å². The van der Waals surface area contributed by atoms with Gasteiger partial charge in [0.1, 0.15) is 6.04 Å². The van der Waals surface area contributed by atoms with Crippen LogP contribution in [0.2, 0.25) is 0 Å². The van der Waals surface area contributed by atoms with Gasteiger partial charge in [0.2, 0.25) is 0 Å². The molecular weight excluding hydrogens is 332 g/mol. The van der Waals surface area contributed by atoms with Gasteiger partial charge in [-0.15, -0.1) is 0 Å². The van der Waals surface area contributed by atoms with Gasteiger partial charge >= 0.3 is 0 Å². The molecule has 0 fully saturated rings. The van der Waals surface area contributed by atoms with E-state index in [-0.39, 0.29) is 0 Å². The maximum atomic E-state index is 12.2. The number of aryl methyl sites for hydroxylation is 1. The molecule has 4 N–H and O–H groups in total. The molecule has 0 heterocycles. The van der Waals surface area contributed by atoms with Gasteiger partial charge in [-0.2, -0.15) is 0 Å². The van der Waals surface area contributed by atoms with Crippen molar-refractivity contribution in [2.24, 2.45) is 0 Å². The van der Waals surface area contributed by atoms with Crippen LogP contribution in [-0.4, -0.2) is 34.3 Å². The Kier molecular flexibility index (Phi) is 6.50. The maximum Gasteiger partial charge on any atom is 0.268 e. The first-order valence-electron chi connectivity index (χ1n) is 8.02. The number of rotatable bonds is 4. The molecule has 134 valence electrons. The van der Waals surface area contributed by atoms with Gasteiger partial charge < -0.3 is 10.4 Å². The van der Waals surface area contributed by atoms with E-state index >= 15 is 0 Å². The molecule has 0 saturated carbocycles. The first-order chi connectivity index (χ1) is 12.4. The highest BCUT2D eigenvalue weighted by atomic mass is 16.5. The highest BCUT2D eigenvalue weighted by molar-refractivity contribution is 5.97. The molecule has 0 aliphatic heterocycles. The van der Waals surface area contributed by atoms with Crippen LogP contribution in [0, 0.1) is 18.8 Å². The van der Waals surface area contributed by atoms with E-state index in [0.717, 1.165) is 16.7 Å². The minimum atomic E-state index is -1.26. The van der Waals surface area contributed by atoms with Crippen LogP contribution in [0.15, 0.2) is 48.5 Å². The summed E-state index contributed by atoms with van der Waals surface area (Å²) in [7, 11) is 0. The summed E-state index contributed by atoms with van der Waals surface area (Å²) in [6.45, 7) is 3.33. The molecule has 0 bridgehead atoms. The summed E-state index contributed by atoms with van der Waals surface area (Å²) in [5.41, 5.74) is 4.50. The lowest BCUT2D eigenvalue weighted by Gasteiger charge is -2.19. The Morgan fingerprint density at radius 3 is 2.27 bits per heavy atom. The van der Waals surface area contributed by atoms with Crippen LogP contribution in [0.1, 0.15) is 34.0 Å². The Labute approximate surface area is 151 Å². The lowest BCUT2D eigenvalue weighted by atomic mass is 10.1. The van der Waals surface area contributed by atoms with E-state index in [1.165, 1.54) is 12.4 Å². The van der Waals surface area contributed by atoms with Crippen molar-refractivity contribution in [3.63, 3.8) is 0 Å². The van der Waals surface area contributed by atoms with Crippen LogP contribution in [-0.2, 0) is 4.79 Å². The van der Waals surface area contributed by atoms with Crippen LogP contribution in [0.25, 0.3) is 0 Å². The molecule has 2 atom stereocenters. The van der Waals surface area contributed by atoms with E-state index in [0.29, 0.717) is 5.56 Å². The molecule has 2 aromatic rings. The molecular formula is C20H20N2O4. The Morgan fingerprint density at radius 1 is 1.04 bits per heavy atom. The molecule has 2 amide bonds. The van der Waals surface area contributed by atoms with Crippen molar-refractivity contribution >= 4 is 11.8 Å². The Morgan fingerprint density at radius 2 is 1.69 bits per heavy atom. The molecule has 2 rings (SSSR count). The second kappa shape index (κ2) is 8.81. The number of carbonyl (C=O) groups is 2. The Balaban J connectivity index is 2.09. The van der Waals surface area contributed by atoms with Crippen molar-refractivity contribution < 1.29 is 19.9 Å². The molecule has 2 aromatic carbocycles. The number of carbonyl (C=O) groups excluding carboxylic acids is 2. The Bertz CT molecular complexity index is 848. The first-order valence-corrected chi connectivity index (χ1v) is 8.02. The zero-order valence-electron chi connectivity index (χ0n) is 14.5. The van der Waals surface area contributed by atoms with Gasteiger partial charge in [-0.3, -0.25) is 14.8 Å². The van der Waals surface area contributed by atoms with E-state index in [9.17, 15) is 14.7 Å². The second-order valence-corrected chi connectivity index (χ2v) is 5.86. The monoisotopic (exact) mass is 352 g/mol. The molecule has 0 radical (unpaired) electrons. The van der Waals surface area contributed by atoms with Gasteiger partial charge in [-0.1, -0.05) is 24.0 Å². The van der Waals surface area contributed by atoms with Gasteiger partial charge in [-0.05, 0) is 55.8 Å². The van der Waals surface area contributed by atoms with Crippen LogP contribution in [0.3, 0.4) is 0 Å². The summed E-state index contributed by atoms with van der Waals surface area (Å²) in [5, 5.41) is 20.6. The third kappa shape index (κ3) is 5.18. The fraction of sp³-hybridized carbons (Fsp3) is 0.200. The van der Waals surface area contributed by atoms with Gasteiger partial charge in [0, 0.05) is 16.7 Å². The summed E-state index contributed by atoms with van der Waals surface area (Å²) < 4.78 is 0. The van der Waals surface area contributed by atoms with Gasteiger partial charge in [0.25, 0.3) is 11.8 Å². The third-order valence-electron chi connectivity index (χ3n) is 3.68. The van der Waals surface area contributed by atoms with Crippen molar-refractivity contribution in [1.29, 1.82) is 0 Å². The lowest BCUT2D eigenvalue weighted by molar-refractivity contribution is -0.133. The molecule has 26 heavy (non-hydrogen) atoms. The number of hydrogen-bond acceptors (Lipinski definition) is 4. The summed E-state index contributed by atoms with van der Waals surface area (Å²) in [6.07, 6.45) is -1.16. The zero-order chi connectivity index (χ0) is 19.1. The predicted molar refractivity (Wildman–Crippen MR) is 96.5 cm³/mol. The molecule has 6 nitrogen and oxygen atoms in total. The number of hydroxylamine groups is 1. The van der Waals surface area contributed by atoms with Crippen LogP contribution in [0.4, 0.5) is 0 Å². The lowest BCUT2D eigenvalue weighted by Crippen LogP contribution is -2.51. The van der Waals surface area contributed by atoms with Gasteiger partial charge in [0.15, 0.2) is 0 Å². The zero-order valence-corrected chi connectivity index (χ0v) is 14.5. The van der Waals surface area contributed by atoms with Crippen molar-refractivity contribution in [2.45, 2.75) is 26.0 Å². The molecule has 0 aliphatic rings. The summed E-state index contributed by atoms with van der Waals surface area (Å²) in [6, 6.07) is 13.1. The van der Waals surface area contributed by atoms with Gasteiger partial charge in [-0.25, -0.2) is 5.48 Å². The van der Waals surface area contributed by atoms with Crippen molar-refractivity contribution in [3.8, 4) is 11.8 Å². The van der Waals surface area contributed by atoms with E-state index in [1.807, 2.05) is 31.2 Å². The molecule has 0 unspecified atom stereocenters. The van der Waals surface area contributed by atoms with Gasteiger partial charge in [0.05, 0.1) is 6.10 Å². The minimum absolute atomic E-state index is 0.308. The number of aliphatic hydroxyl groups is 1. The number of amides is 2. The molecule has 6 heteroatoms. The fourth-order valence-corrected chi connectivity index (χ4v) is 2.27. The van der Waals surface area contributed by atoms with Crippen LogP contribution >= 0.6 is 0 Å². The normalized spacial score (nSPS) is 12.3. The van der Waals surface area contributed by atoms with E-state index in [4.69, 9.17) is 5.21 Å². The smallest absolute Gasteiger partial charge is 0.268 e. The largest absolute Gasteiger partial charge is 0.391 e. The Hall–Kier alpha value is -3.14. The number of benzene rings is 2. The van der Waals surface area contributed by atoms with Crippen molar-refractivity contribution in [1.82, 2.24) is 10.8 Å². The van der Waals surface area contributed by atoms with Crippen molar-refractivity contribution in [2.75, 3.05) is 0 Å². The average molecular weight is 352 g/mol. The topological polar surface area (TPSA) is 98.7 Å². The molecule has 0 saturated heterocycles. The quantitative estimate of drug-likeness (QED) is 0.380. The van der Waals surface area contributed by atoms with E-state index < -0.39 is 24.0 Å². The summed E-state index contributed by atoms with van der Waals surface area (Å²) >= 11 is 0. The number of aliphatic hydroxyl groups excluding tert-OH is 1. The van der Waals surface area contributed by atoms with Crippen molar-refractivity contribution in [3.05, 3.63) is 70.8 Å². The second-order valence-electron chi connectivity index (χ2n) is 5.86. The average Bonchev–Trinajstić information content (AvgIpc) is 2.64.